The number of carbonyl (C=O) groups is 1. The van der Waals surface area contributed by atoms with E-state index in [0.29, 0.717) is 28.0 Å². The van der Waals surface area contributed by atoms with Crippen molar-refractivity contribution in [1.82, 2.24) is 5.32 Å². The summed E-state index contributed by atoms with van der Waals surface area (Å²) in [6, 6.07) is 4.98. The fraction of sp³-hybridized carbons (Fsp3) is 0.300. The highest BCUT2D eigenvalue weighted by molar-refractivity contribution is 9.10. The third-order valence-electron chi connectivity index (χ3n) is 1.80. The van der Waals surface area contributed by atoms with Crippen LogP contribution in [0, 0.1) is 0 Å². The number of nitrogens with one attached hydrogen (secondary N) is 1. The van der Waals surface area contributed by atoms with E-state index in [9.17, 15) is 4.79 Å². The van der Waals surface area contributed by atoms with E-state index >= 15 is 0 Å². The smallest absolute Gasteiger partial charge is 0.252 e. The Morgan fingerprint density at radius 3 is 2.87 bits per heavy atom. The molecule has 2 N–H and O–H groups in total. The SMILES string of the molecule is O=C(NCCCO)c1ccc(Cl)cc1Br. The Labute approximate surface area is 102 Å². The van der Waals surface area contributed by atoms with Gasteiger partial charge in [0.05, 0.1) is 5.56 Å². The molecule has 1 rings (SSSR count). The Morgan fingerprint density at radius 1 is 1.53 bits per heavy atom. The van der Waals surface area contributed by atoms with Crippen LogP contribution in [0.15, 0.2) is 22.7 Å². The Balaban J connectivity index is 2.65. The topological polar surface area (TPSA) is 49.3 Å². The molecule has 5 heteroatoms. The van der Waals surface area contributed by atoms with Gasteiger partial charge in [0.2, 0.25) is 0 Å². The molecule has 1 amide bonds. The summed E-state index contributed by atoms with van der Waals surface area (Å²) in [6.45, 7) is 0.534. The highest BCUT2D eigenvalue weighted by Gasteiger charge is 2.09. The quantitative estimate of drug-likeness (QED) is 0.836. The van der Waals surface area contributed by atoms with Gasteiger partial charge in [-0.05, 0) is 40.5 Å². The number of aliphatic hydroxyl groups is 1. The van der Waals surface area contributed by atoms with Crippen molar-refractivity contribution < 1.29 is 9.90 Å². The molecule has 0 aliphatic rings. The molecule has 1 aromatic rings. The zero-order chi connectivity index (χ0) is 11.3. The van der Waals surface area contributed by atoms with Crippen LogP contribution >= 0.6 is 27.5 Å². The number of hydrogen-bond donors (Lipinski definition) is 2. The van der Waals surface area contributed by atoms with Crippen LogP contribution in [0.1, 0.15) is 16.8 Å². The van der Waals surface area contributed by atoms with Gasteiger partial charge in [0, 0.05) is 22.6 Å². The number of hydrogen-bond acceptors (Lipinski definition) is 2. The molecule has 0 fully saturated rings. The standard InChI is InChI=1S/C10H11BrClNO2/c11-9-6-7(12)2-3-8(9)10(15)13-4-1-5-14/h2-3,6,14H,1,4-5H2,(H,13,15). The lowest BCUT2D eigenvalue weighted by atomic mass is 10.2. The summed E-state index contributed by atoms with van der Waals surface area (Å²) in [5.41, 5.74) is 0.539. The fourth-order valence-electron chi connectivity index (χ4n) is 1.05. The van der Waals surface area contributed by atoms with Crippen LogP contribution in [-0.2, 0) is 0 Å². The molecule has 3 nitrogen and oxygen atoms in total. The predicted molar refractivity (Wildman–Crippen MR) is 63.2 cm³/mol. The lowest BCUT2D eigenvalue weighted by molar-refractivity contribution is 0.0950. The second-order valence-corrected chi connectivity index (χ2v) is 4.25. The van der Waals surface area contributed by atoms with Gasteiger partial charge in [0.15, 0.2) is 0 Å². The molecule has 0 radical (unpaired) electrons. The molecule has 0 aliphatic heterocycles. The number of rotatable bonds is 4. The van der Waals surface area contributed by atoms with Gasteiger partial charge in [0.1, 0.15) is 0 Å². The zero-order valence-electron chi connectivity index (χ0n) is 7.96. The number of halogens is 2. The molecule has 0 unspecified atom stereocenters. The molecule has 0 saturated carbocycles. The van der Waals surface area contributed by atoms with E-state index in [0.717, 1.165) is 0 Å². The molecule has 82 valence electrons. The minimum atomic E-state index is -0.174. The van der Waals surface area contributed by atoms with Crippen LogP contribution in [0.3, 0.4) is 0 Å². The predicted octanol–water partition coefficient (Wildman–Crippen LogP) is 2.21. The van der Waals surface area contributed by atoms with Gasteiger partial charge in [-0.15, -0.1) is 0 Å². The average molecular weight is 293 g/mol. The summed E-state index contributed by atoms with van der Waals surface area (Å²) in [5, 5.41) is 11.8. The van der Waals surface area contributed by atoms with Crippen molar-refractivity contribution >= 4 is 33.4 Å². The maximum atomic E-state index is 11.6. The maximum absolute atomic E-state index is 11.6. The number of aliphatic hydroxyl groups excluding tert-OH is 1. The summed E-state index contributed by atoms with van der Waals surface area (Å²) in [7, 11) is 0. The second kappa shape index (κ2) is 6.10. The monoisotopic (exact) mass is 291 g/mol. The van der Waals surface area contributed by atoms with E-state index in [1.54, 1.807) is 18.2 Å². The zero-order valence-corrected chi connectivity index (χ0v) is 10.3. The van der Waals surface area contributed by atoms with Gasteiger partial charge in [0.25, 0.3) is 5.91 Å². The lowest BCUT2D eigenvalue weighted by Crippen LogP contribution is -2.25. The van der Waals surface area contributed by atoms with Gasteiger partial charge in [-0.3, -0.25) is 4.79 Å². The Kier molecular flexibility index (Phi) is 5.08. The number of benzene rings is 1. The van der Waals surface area contributed by atoms with Crippen molar-refractivity contribution in [2.24, 2.45) is 0 Å². The molecular weight excluding hydrogens is 281 g/mol. The van der Waals surface area contributed by atoms with Crippen molar-refractivity contribution in [3.63, 3.8) is 0 Å². The summed E-state index contributed by atoms with van der Waals surface area (Å²) >= 11 is 9.02. The molecule has 0 bridgehead atoms. The Hall–Kier alpha value is -0.580. The van der Waals surface area contributed by atoms with E-state index in [4.69, 9.17) is 16.7 Å². The third kappa shape index (κ3) is 3.81. The first kappa shape index (κ1) is 12.5. The second-order valence-electron chi connectivity index (χ2n) is 2.96. The highest BCUT2D eigenvalue weighted by atomic mass is 79.9. The van der Waals surface area contributed by atoms with Crippen LogP contribution < -0.4 is 5.32 Å². The first-order chi connectivity index (χ1) is 7.15. The molecule has 0 atom stereocenters. The van der Waals surface area contributed by atoms with Crippen LogP contribution in [0.5, 0.6) is 0 Å². The van der Waals surface area contributed by atoms with Gasteiger partial charge in [-0.25, -0.2) is 0 Å². The molecule has 1 aromatic carbocycles. The largest absolute Gasteiger partial charge is 0.396 e. The van der Waals surface area contributed by atoms with Crippen LogP contribution in [-0.4, -0.2) is 24.2 Å². The van der Waals surface area contributed by atoms with Crippen LogP contribution in [0.2, 0.25) is 5.02 Å². The van der Waals surface area contributed by atoms with E-state index in [1.165, 1.54) is 0 Å². The van der Waals surface area contributed by atoms with Gasteiger partial charge in [-0.2, -0.15) is 0 Å². The Bertz CT molecular complexity index is 357. The van der Waals surface area contributed by atoms with E-state index < -0.39 is 0 Å². The summed E-state index contributed by atoms with van der Waals surface area (Å²) < 4.78 is 0.663. The molecule has 0 aliphatic carbocycles. The highest BCUT2D eigenvalue weighted by Crippen LogP contribution is 2.21. The summed E-state index contributed by atoms with van der Waals surface area (Å²) in [5.74, 6) is -0.174. The number of amides is 1. The van der Waals surface area contributed by atoms with E-state index in [2.05, 4.69) is 21.2 Å². The van der Waals surface area contributed by atoms with Crippen molar-refractivity contribution in [2.45, 2.75) is 6.42 Å². The van der Waals surface area contributed by atoms with Crippen molar-refractivity contribution in [2.75, 3.05) is 13.2 Å². The molecule has 15 heavy (non-hydrogen) atoms. The van der Waals surface area contributed by atoms with Gasteiger partial charge < -0.3 is 10.4 Å². The van der Waals surface area contributed by atoms with Gasteiger partial charge in [-0.1, -0.05) is 11.6 Å². The van der Waals surface area contributed by atoms with Crippen LogP contribution in [0.4, 0.5) is 0 Å². The minimum absolute atomic E-state index is 0.0715. The molecule has 0 aromatic heterocycles. The molecule has 0 heterocycles. The minimum Gasteiger partial charge on any atom is -0.396 e. The normalized spacial score (nSPS) is 10.1. The Morgan fingerprint density at radius 2 is 2.27 bits per heavy atom. The van der Waals surface area contributed by atoms with Crippen molar-refractivity contribution in [1.29, 1.82) is 0 Å². The third-order valence-corrected chi connectivity index (χ3v) is 2.69. The van der Waals surface area contributed by atoms with E-state index in [-0.39, 0.29) is 12.5 Å². The molecular formula is C10H11BrClNO2. The fourth-order valence-corrected chi connectivity index (χ4v) is 1.91. The first-order valence-electron chi connectivity index (χ1n) is 4.49. The van der Waals surface area contributed by atoms with Crippen molar-refractivity contribution in [3.8, 4) is 0 Å². The average Bonchev–Trinajstić information content (AvgIpc) is 2.17. The van der Waals surface area contributed by atoms with E-state index in [1.807, 2.05) is 0 Å². The molecule has 0 spiro atoms. The first-order valence-corrected chi connectivity index (χ1v) is 5.66. The lowest BCUT2D eigenvalue weighted by Gasteiger charge is -2.06. The molecule has 0 saturated heterocycles. The summed E-state index contributed by atoms with van der Waals surface area (Å²) in [6.07, 6.45) is 0.553. The number of carbonyl (C=O) groups excluding carboxylic acids is 1. The van der Waals surface area contributed by atoms with Crippen LogP contribution in [0.25, 0.3) is 0 Å². The van der Waals surface area contributed by atoms with Gasteiger partial charge >= 0.3 is 0 Å². The summed E-state index contributed by atoms with van der Waals surface area (Å²) in [4.78, 5) is 11.6. The van der Waals surface area contributed by atoms with Crippen molar-refractivity contribution in [3.05, 3.63) is 33.3 Å². The maximum Gasteiger partial charge on any atom is 0.252 e.